The number of methoxy groups -OCH3 is 1. The lowest BCUT2D eigenvalue weighted by Crippen LogP contribution is -2.42. The third-order valence-corrected chi connectivity index (χ3v) is 4.95. The van der Waals surface area contributed by atoms with E-state index in [1.807, 2.05) is 0 Å². The van der Waals surface area contributed by atoms with Crippen molar-refractivity contribution in [3.05, 3.63) is 95.1 Å². The van der Waals surface area contributed by atoms with E-state index >= 15 is 0 Å². The lowest BCUT2D eigenvalue weighted by molar-refractivity contribution is -0.138. The van der Waals surface area contributed by atoms with Crippen LogP contribution in [-0.2, 0) is 23.0 Å². The Labute approximate surface area is 182 Å². The summed E-state index contributed by atoms with van der Waals surface area (Å²) >= 11 is 0. The number of ether oxygens (including phenoxy) is 1. The Bertz CT molecular complexity index is 1140. The zero-order chi connectivity index (χ0) is 23.4. The zero-order valence-corrected chi connectivity index (χ0v) is 17.0. The molecule has 0 spiro atoms. The van der Waals surface area contributed by atoms with Crippen molar-refractivity contribution in [1.29, 1.82) is 5.26 Å². The van der Waals surface area contributed by atoms with Gasteiger partial charge in [0.25, 0.3) is 5.91 Å². The lowest BCUT2D eigenvalue weighted by Gasteiger charge is -2.28. The van der Waals surface area contributed by atoms with Crippen molar-refractivity contribution in [2.24, 2.45) is 0 Å². The van der Waals surface area contributed by atoms with Gasteiger partial charge < -0.3 is 15.2 Å². The van der Waals surface area contributed by atoms with Crippen LogP contribution >= 0.6 is 0 Å². The maximum absolute atomic E-state index is 13.3. The molecule has 0 radical (unpaired) electrons. The third kappa shape index (κ3) is 4.90. The Balaban J connectivity index is 1.97. The van der Waals surface area contributed by atoms with Crippen LogP contribution in [0, 0.1) is 11.3 Å². The first-order chi connectivity index (χ1) is 15.2. The quantitative estimate of drug-likeness (QED) is 0.584. The molecule has 0 heterocycles. The highest BCUT2D eigenvalue weighted by molar-refractivity contribution is 5.98. The molecule has 5 nitrogen and oxygen atoms in total. The summed E-state index contributed by atoms with van der Waals surface area (Å²) in [5.41, 5.74) is -3.10. The number of rotatable bonds is 6. The van der Waals surface area contributed by atoms with Gasteiger partial charge >= 0.3 is 6.18 Å². The van der Waals surface area contributed by atoms with Gasteiger partial charge in [0.1, 0.15) is 5.75 Å². The van der Waals surface area contributed by atoms with Crippen LogP contribution in [0.15, 0.2) is 72.8 Å². The fourth-order valence-corrected chi connectivity index (χ4v) is 3.25. The highest BCUT2D eigenvalue weighted by Crippen LogP contribution is 2.34. The number of nitrogens with zero attached hydrogens (tertiary/aromatic N) is 1. The molecule has 1 amide bonds. The van der Waals surface area contributed by atoms with Crippen molar-refractivity contribution in [1.82, 2.24) is 0 Å². The largest absolute Gasteiger partial charge is 0.497 e. The highest BCUT2D eigenvalue weighted by Gasteiger charge is 2.39. The van der Waals surface area contributed by atoms with Gasteiger partial charge in [0.15, 0.2) is 5.60 Å². The molecule has 0 fully saturated rings. The van der Waals surface area contributed by atoms with Crippen LogP contribution < -0.4 is 10.1 Å². The van der Waals surface area contributed by atoms with E-state index < -0.39 is 28.8 Å². The first kappa shape index (κ1) is 22.8. The van der Waals surface area contributed by atoms with Gasteiger partial charge in [-0.15, -0.1) is 0 Å². The molecule has 3 rings (SSSR count). The maximum atomic E-state index is 13.3. The number of hydrogen-bond acceptors (Lipinski definition) is 4. The molecule has 3 aromatic rings. The van der Waals surface area contributed by atoms with Gasteiger partial charge in [-0.25, -0.2) is 0 Å². The first-order valence-electron chi connectivity index (χ1n) is 9.51. The Kier molecular flexibility index (Phi) is 6.51. The van der Waals surface area contributed by atoms with E-state index in [2.05, 4.69) is 5.32 Å². The average Bonchev–Trinajstić information content (AvgIpc) is 2.79. The van der Waals surface area contributed by atoms with Gasteiger partial charge in [0, 0.05) is 12.1 Å². The Morgan fingerprint density at radius 1 is 1.06 bits per heavy atom. The second-order valence-electron chi connectivity index (χ2n) is 7.08. The molecule has 0 saturated carbocycles. The van der Waals surface area contributed by atoms with Crippen LogP contribution in [0.2, 0.25) is 0 Å². The molecule has 0 aliphatic rings. The molecule has 1 atom stereocenters. The molecule has 0 bridgehead atoms. The van der Waals surface area contributed by atoms with Crippen LogP contribution in [0.1, 0.15) is 22.3 Å². The third-order valence-electron chi connectivity index (χ3n) is 4.95. The first-order valence-corrected chi connectivity index (χ1v) is 9.51. The smallest absolute Gasteiger partial charge is 0.417 e. The van der Waals surface area contributed by atoms with Crippen molar-refractivity contribution in [2.75, 3.05) is 12.4 Å². The van der Waals surface area contributed by atoms with Gasteiger partial charge in [0.05, 0.1) is 24.3 Å². The van der Waals surface area contributed by atoms with Crippen LogP contribution in [0.4, 0.5) is 18.9 Å². The molecular weight excluding hydrogens is 421 g/mol. The van der Waals surface area contributed by atoms with Gasteiger partial charge in [0.2, 0.25) is 0 Å². The summed E-state index contributed by atoms with van der Waals surface area (Å²) in [6.45, 7) is 0. The van der Waals surface area contributed by atoms with Gasteiger partial charge in [-0.1, -0.05) is 42.5 Å². The standard InChI is InChI=1S/C24H19F3N2O3/c1-32-20-11-7-16(8-12-20)14-23(31,18-5-3-2-4-6-18)22(30)29-19-10-9-17(15-28)21(13-19)24(25,26)27/h2-13,31H,14H2,1H3,(H,29,30). The van der Waals surface area contributed by atoms with Gasteiger partial charge in [-0.2, -0.15) is 18.4 Å². The SMILES string of the molecule is COc1ccc(CC(O)(C(=O)Nc2ccc(C#N)c(C(F)(F)F)c2)c2ccccc2)cc1. The topological polar surface area (TPSA) is 82.3 Å². The summed E-state index contributed by atoms with van der Waals surface area (Å²) in [7, 11) is 1.51. The minimum Gasteiger partial charge on any atom is -0.497 e. The molecule has 0 saturated heterocycles. The second kappa shape index (κ2) is 9.12. The van der Waals surface area contributed by atoms with Crippen molar-refractivity contribution in [2.45, 2.75) is 18.2 Å². The summed E-state index contributed by atoms with van der Waals surface area (Å²) in [6.07, 6.45) is -4.90. The molecule has 2 N–H and O–H groups in total. The number of carbonyl (C=O) groups is 1. The number of hydrogen-bond donors (Lipinski definition) is 2. The van der Waals surface area contributed by atoms with Crippen molar-refractivity contribution >= 4 is 11.6 Å². The fraction of sp³-hybridized carbons (Fsp3) is 0.167. The summed E-state index contributed by atoms with van der Waals surface area (Å²) in [6, 6.07) is 19.2. The average molecular weight is 440 g/mol. The number of carbonyl (C=O) groups excluding carboxylic acids is 1. The molecule has 0 aromatic heterocycles. The summed E-state index contributed by atoms with van der Waals surface area (Å²) < 4.78 is 44.9. The van der Waals surface area contributed by atoms with E-state index in [-0.39, 0.29) is 17.7 Å². The predicted molar refractivity (Wildman–Crippen MR) is 112 cm³/mol. The maximum Gasteiger partial charge on any atom is 0.417 e. The van der Waals surface area contributed by atoms with Crippen LogP contribution in [0.5, 0.6) is 5.75 Å². The monoisotopic (exact) mass is 440 g/mol. The van der Waals surface area contributed by atoms with Crippen molar-refractivity contribution < 1.29 is 27.8 Å². The Morgan fingerprint density at radius 2 is 1.72 bits per heavy atom. The molecule has 32 heavy (non-hydrogen) atoms. The van der Waals surface area contributed by atoms with E-state index in [0.717, 1.165) is 6.07 Å². The molecular formula is C24H19F3N2O3. The summed E-state index contributed by atoms with van der Waals surface area (Å²) in [5.74, 6) is -0.309. The zero-order valence-electron chi connectivity index (χ0n) is 17.0. The molecule has 3 aromatic carbocycles. The minimum absolute atomic E-state index is 0.130. The van der Waals surface area contributed by atoms with Crippen LogP contribution in [0.25, 0.3) is 0 Å². The van der Waals surface area contributed by atoms with E-state index in [9.17, 15) is 23.1 Å². The number of nitrogens with one attached hydrogen (secondary N) is 1. The number of anilines is 1. The van der Waals surface area contributed by atoms with Gasteiger partial charge in [-0.3, -0.25) is 4.79 Å². The lowest BCUT2D eigenvalue weighted by atomic mass is 9.86. The van der Waals surface area contributed by atoms with Gasteiger partial charge in [-0.05, 0) is 41.5 Å². The normalized spacial score (nSPS) is 13.0. The summed E-state index contributed by atoms with van der Waals surface area (Å²) in [4.78, 5) is 13.1. The van der Waals surface area contributed by atoms with E-state index in [4.69, 9.17) is 10.00 Å². The van der Waals surface area contributed by atoms with E-state index in [0.29, 0.717) is 17.4 Å². The number of aliphatic hydroxyl groups is 1. The molecule has 1 unspecified atom stereocenters. The minimum atomic E-state index is -4.77. The Morgan fingerprint density at radius 3 is 2.28 bits per heavy atom. The predicted octanol–water partition coefficient (Wildman–Crippen LogP) is 4.65. The number of halogens is 3. The second-order valence-corrected chi connectivity index (χ2v) is 7.08. The molecule has 8 heteroatoms. The molecule has 0 aliphatic heterocycles. The Hall–Kier alpha value is -3.83. The van der Waals surface area contributed by atoms with Crippen molar-refractivity contribution in [3.63, 3.8) is 0 Å². The molecule has 0 aliphatic carbocycles. The number of alkyl halides is 3. The van der Waals surface area contributed by atoms with Crippen LogP contribution in [0.3, 0.4) is 0 Å². The van der Waals surface area contributed by atoms with Crippen LogP contribution in [-0.4, -0.2) is 18.1 Å². The number of amides is 1. The highest BCUT2D eigenvalue weighted by atomic mass is 19.4. The molecule has 164 valence electrons. The number of benzene rings is 3. The fourth-order valence-electron chi connectivity index (χ4n) is 3.25. The van der Waals surface area contributed by atoms with Crippen molar-refractivity contribution in [3.8, 4) is 11.8 Å². The number of nitriles is 1. The van der Waals surface area contributed by atoms with E-state index in [1.165, 1.54) is 19.2 Å². The van der Waals surface area contributed by atoms with E-state index in [1.54, 1.807) is 54.6 Å². The summed E-state index contributed by atoms with van der Waals surface area (Å²) in [5, 5.41) is 22.7.